The molecule has 1 saturated heterocycles. The Bertz CT molecular complexity index is 1370. The van der Waals surface area contributed by atoms with Crippen LogP contribution < -0.4 is 25.9 Å². The van der Waals surface area contributed by atoms with Gasteiger partial charge in [0.05, 0.1) is 22.5 Å². The molecule has 0 spiro atoms. The highest BCUT2D eigenvalue weighted by Gasteiger charge is 2.31. The van der Waals surface area contributed by atoms with Gasteiger partial charge in [0.1, 0.15) is 17.9 Å². The molecule has 2 amide bonds. The summed E-state index contributed by atoms with van der Waals surface area (Å²) in [5.41, 5.74) is 4.73. The lowest BCUT2D eigenvalue weighted by Crippen LogP contribution is -2.45. The van der Waals surface area contributed by atoms with Crippen LogP contribution in [0, 0.1) is 5.82 Å². The number of amides is 2. The zero-order valence-corrected chi connectivity index (χ0v) is 19.4. The molecule has 2 aromatic heterocycles. The van der Waals surface area contributed by atoms with Crippen molar-refractivity contribution in [2.24, 2.45) is 0 Å². The Morgan fingerprint density at radius 2 is 1.91 bits per heavy atom. The Balaban J connectivity index is 1.52. The van der Waals surface area contributed by atoms with E-state index in [0.717, 1.165) is 13.1 Å². The van der Waals surface area contributed by atoms with Crippen LogP contribution in [0.4, 0.5) is 10.1 Å². The first-order valence-corrected chi connectivity index (χ1v) is 11.3. The minimum atomic E-state index is -0.804. The van der Waals surface area contributed by atoms with Crippen LogP contribution in [-0.4, -0.2) is 66.1 Å². The van der Waals surface area contributed by atoms with Crippen molar-refractivity contribution in [2.75, 3.05) is 44.7 Å². The van der Waals surface area contributed by atoms with Gasteiger partial charge in [0.2, 0.25) is 5.43 Å². The van der Waals surface area contributed by atoms with E-state index < -0.39 is 23.1 Å². The number of benzene rings is 1. The summed E-state index contributed by atoms with van der Waals surface area (Å²) in [4.78, 5) is 46.3. The molecule has 182 valence electrons. The molecule has 2 aliphatic heterocycles. The fraction of sp³-hybridized carbons (Fsp3) is 0.333. The topological polar surface area (TPSA) is 109 Å². The summed E-state index contributed by atoms with van der Waals surface area (Å²) in [7, 11) is 2.01. The second-order valence-electron chi connectivity index (χ2n) is 8.81. The van der Waals surface area contributed by atoms with Gasteiger partial charge in [-0.3, -0.25) is 30.2 Å². The maximum atomic E-state index is 15.4. The molecule has 1 fully saturated rings. The number of carbonyl (C=O) groups excluding carboxylic acids is 2. The first-order chi connectivity index (χ1) is 16.8. The van der Waals surface area contributed by atoms with Crippen molar-refractivity contribution in [3.05, 3.63) is 64.0 Å². The molecule has 0 bridgehead atoms. The predicted molar refractivity (Wildman–Crippen MR) is 127 cm³/mol. The van der Waals surface area contributed by atoms with Crippen LogP contribution in [0.3, 0.4) is 0 Å². The normalized spacial score (nSPS) is 17.7. The van der Waals surface area contributed by atoms with E-state index in [9.17, 15) is 14.4 Å². The predicted octanol–water partition coefficient (Wildman–Crippen LogP) is 1.32. The first kappa shape index (κ1) is 22.8. The molecule has 2 N–H and O–H groups in total. The van der Waals surface area contributed by atoms with Crippen molar-refractivity contribution in [2.45, 2.75) is 13.0 Å². The number of piperazine rings is 1. The summed E-state index contributed by atoms with van der Waals surface area (Å²) in [6.07, 6.45) is 4.31. The van der Waals surface area contributed by atoms with Gasteiger partial charge in [-0.25, -0.2) is 4.39 Å². The minimum Gasteiger partial charge on any atom is -0.487 e. The summed E-state index contributed by atoms with van der Waals surface area (Å²) in [5.74, 6) is -1.64. The first-order valence-electron chi connectivity index (χ1n) is 11.3. The molecule has 5 rings (SSSR count). The van der Waals surface area contributed by atoms with E-state index in [0.29, 0.717) is 30.0 Å². The third-order valence-corrected chi connectivity index (χ3v) is 6.42. The quantitative estimate of drug-likeness (QED) is 0.544. The molecule has 1 unspecified atom stereocenters. The zero-order valence-electron chi connectivity index (χ0n) is 19.4. The maximum Gasteiger partial charge on any atom is 0.275 e. The van der Waals surface area contributed by atoms with Gasteiger partial charge in [0.15, 0.2) is 11.6 Å². The number of hydrogen-bond donors (Lipinski definition) is 2. The van der Waals surface area contributed by atoms with Crippen LogP contribution in [0.15, 0.2) is 41.6 Å². The molecule has 0 radical (unpaired) electrons. The third-order valence-electron chi connectivity index (χ3n) is 6.42. The number of pyridine rings is 2. The number of halogens is 1. The average Bonchev–Trinajstić information content (AvgIpc) is 2.87. The van der Waals surface area contributed by atoms with Crippen molar-refractivity contribution in [3.63, 3.8) is 0 Å². The number of aromatic nitrogens is 2. The molecule has 4 heterocycles. The fourth-order valence-electron chi connectivity index (χ4n) is 4.45. The number of hydrogen-bond acceptors (Lipinski definition) is 7. The summed E-state index contributed by atoms with van der Waals surface area (Å²) in [6, 6.07) is 4.10. The van der Waals surface area contributed by atoms with Crippen LogP contribution in [0.25, 0.3) is 10.9 Å². The van der Waals surface area contributed by atoms with Crippen molar-refractivity contribution < 1.29 is 18.7 Å². The molecule has 0 saturated carbocycles. The van der Waals surface area contributed by atoms with Crippen LogP contribution in [0.2, 0.25) is 0 Å². The number of nitrogens with one attached hydrogen (secondary N) is 2. The number of rotatable bonds is 3. The Labute approximate surface area is 200 Å². The van der Waals surface area contributed by atoms with E-state index in [1.165, 1.54) is 30.7 Å². The van der Waals surface area contributed by atoms with Gasteiger partial charge in [0, 0.05) is 44.8 Å². The summed E-state index contributed by atoms with van der Waals surface area (Å²) >= 11 is 0. The highest BCUT2D eigenvalue weighted by Crippen LogP contribution is 2.42. The number of hydrazine groups is 1. The summed E-state index contributed by atoms with van der Waals surface area (Å²) in [6.45, 7) is 4.97. The van der Waals surface area contributed by atoms with Crippen LogP contribution >= 0.6 is 0 Å². The van der Waals surface area contributed by atoms with E-state index in [4.69, 9.17) is 4.74 Å². The van der Waals surface area contributed by atoms with Gasteiger partial charge >= 0.3 is 0 Å². The largest absolute Gasteiger partial charge is 0.487 e. The molecule has 35 heavy (non-hydrogen) atoms. The fourth-order valence-corrected chi connectivity index (χ4v) is 4.45. The van der Waals surface area contributed by atoms with E-state index in [2.05, 4.69) is 20.7 Å². The van der Waals surface area contributed by atoms with Gasteiger partial charge in [-0.1, -0.05) is 0 Å². The molecule has 3 aromatic rings. The van der Waals surface area contributed by atoms with Gasteiger partial charge in [0.25, 0.3) is 11.8 Å². The third kappa shape index (κ3) is 4.08. The number of carbonyl (C=O) groups is 2. The lowest BCUT2D eigenvalue weighted by Gasteiger charge is -2.37. The number of likely N-dealkylation sites (N-methyl/N-ethyl adjacent to an activating group) is 1. The molecule has 10 nitrogen and oxygen atoms in total. The van der Waals surface area contributed by atoms with Gasteiger partial charge in [-0.05, 0) is 32.2 Å². The molecule has 11 heteroatoms. The number of anilines is 1. The molecule has 2 aliphatic rings. The second-order valence-corrected chi connectivity index (χ2v) is 8.81. The van der Waals surface area contributed by atoms with Crippen molar-refractivity contribution in [1.82, 2.24) is 25.3 Å². The van der Waals surface area contributed by atoms with Crippen molar-refractivity contribution >= 4 is 28.4 Å². The summed E-state index contributed by atoms with van der Waals surface area (Å²) < 4.78 is 23.1. The Kier molecular flexibility index (Phi) is 5.85. The second kappa shape index (κ2) is 8.99. The van der Waals surface area contributed by atoms with Gasteiger partial charge in [-0.2, -0.15) is 0 Å². The van der Waals surface area contributed by atoms with E-state index in [1.807, 2.05) is 18.9 Å². The van der Waals surface area contributed by atoms with Crippen LogP contribution in [0.1, 0.15) is 33.7 Å². The zero-order chi connectivity index (χ0) is 24.7. The SMILES string of the molecule is CC1COc2c(N3CCN(C)CC3)c(F)cc3c(=O)c(C(=O)NNC(=O)c4cccnc4)cn1c23. The number of ether oxygens (including phenoxy) is 1. The Hall–Kier alpha value is -3.99. The van der Waals surface area contributed by atoms with Crippen molar-refractivity contribution in [1.29, 1.82) is 0 Å². The van der Waals surface area contributed by atoms with Crippen molar-refractivity contribution in [3.8, 4) is 5.75 Å². The van der Waals surface area contributed by atoms with E-state index in [1.54, 1.807) is 10.6 Å². The Morgan fingerprint density at radius 1 is 1.17 bits per heavy atom. The van der Waals surface area contributed by atoms with Gasteiger partial charge in [-0.15, -0.1) is 0 Å². The highest BCUT2D eigenvalue weighted by atomic mass is 19.1. The Morgan fingerprint density at radius 3 is 2.63 bits per heavy atom. The standard InChI is InChI=1S/C24H25FN6O4/c1-14-13-35-22-19-16(10-18(25)20(22)30-8-6-29(2)7-9-30)21(32)17(12-31(14)19)24(34)28-27-23(33)15-4-3-5-26-11-15/h3-5,10-12,14H,6-9,13H2,1-2H3,(H,27,33)(H,28,34). The maximum absolute atomic E-state index is 15.4. The average molecular weight is 481 g/mol. The number of nitrogens with zero attached hydrogens (tertiary/aromatic N) is 4. The highest BCUT2D eigenvalue weighted by molar-refractivity contribution is 6.02. The van der Waals surface area contributed by atoms with E-state index >= 15 is 4.39 Å². The van der Waals surface area contributed by atoms with E-state index in [-0.39, 0.29) is 29.2 Å². The minimum absolute atomic E-state index is 0.0492. The molecule has 1 atom stereocenters. The lowest BCUT2D eigenvalue weighted by molar-refractivity contribution is 0.0845. The molecular formula is C24H25FN6O4. The van der Waals surface area contributed by atoms with Crippen LogP contribution in [0.5, 0.6) is 5.75 Å². The lowest BCUT2D eigenvalue weighted by atomic mass is 10.0. The van der Waals surface area contributed by atoms with Crippen LogP contribution in [-0.2, 0) is 0 Å². The summed E-state index contributed by atoms with van der Waals surface area (Å²) in [5, 5.41) is 0.0492. The molecular weight excluding hydrogens is 455 g/mol. The molecule has 1 aromatic carbocycles. The monoisotopic (exact) mass is 480 g/mol. The van der Waals surface area contributed by atoms with Gasteiger partial charge < -0.3 is 19.1 Å². The molecule has 0 aliphatic carbocycles. The smallest absolute Gasteiger partial charge is 0.275 e.